The molecule has 4 aromatic rings. The number of hydrogen-bond donors (Lipinski definition) is 2. The standard InChI is InChI=1S/C27H31Cl2N5O4S/c1-4-6-7-8-9-10-24-30-17(3)25-27(35)31-26(32-34(24)25)22-16-21(11-12-23(22)38-5-2)39(36,37)33-20-14-18(28)13-19(29)15-20/h11-16,33H,4-10H2,1-3H3,(H,31,32,35). The van der Waals surface area contributed by atoms with Gasteiger partial charge in [-0.25, -0.2) is 17.9 Å². The van der Waals surface area contributed by atoms with Gasteiger partial charge in [-0.2, -0.15) is 0 Å². The lowest BCUT2D eigenvalue weighted by Gasteiger charge is -2.14. The number of sulfonamides is 1. The zero-order valence-corrected chi connectivity index (χ0v) is 24.4. The van der Waals surface area contributed by atoms with Crippen molar-refractivity contribution in [3.63, 3.8) is 0 Å². The molecule has 0 fully saturated rings. The van der Waals surface area contributed by atoms with Crippen LogP contribution in [0.5, 0.6) is 5.75 Å². The number of aromatic amines is 1. The van der Waals surface area contributed by atoms with E-state index in [1.54, 1.807) is 11.4 Å². The van der Waals surface area contributed by atoms with Crippen LogP contribution in [-0.4, -0.2) is 34.6 Å². The lowest BCUT2D eigenvalue weighted by atomic mass is 10.1. The highest BCUT2D eigenvalue weighted by Gasteiger charge is 2.21. The molecule has 2 N–H and O–H groups in total. The van der Waals surface area contributed by atoms with Crippen molar-refractivity contribution in [3.8, 4) is 17.1 Å². The van der Waals surface area contributed by atoms with E-state index < -0.39 is 10.0 Å². The van der Waals surface area contributed by atoms with Gasteiger partial charge in [0.15, 0.2) is 11.3 Å². The first-order valence-electron chi connectivity index (χ1n) is 12.9. The Morgan fingerprint density at radius 2 is 1.74 bits per heavy atom. The number of H-pyrrole nitrogens is 1. The molecule has 9 nitrogen and oxygen atoms in total. The molecule has 0 unspecified atom stereocenters. The number of halogens is 2. The first-order chi connectivity index (χ1) is 18.6. The first-order valence-corrected chi connectivity index (χ1v) is 15.1. The third-order valence-corrected chi connectivity index (χ3v) is 7.99. The van der Waals surface area contributed by atoms with Gasteiger partial charge in [-0.05, 0) is 56.7 Å². The van der Waals surface area contributed by atoms with E-state index in [1.807, 2.05) is 6.92 Å². The molecule has 208 valence electrons. The number of benzene rings is 2. The smallest absolute Gasteiger partial charge is 0.277 e. The maximum absolute atomic E-state index is 13.3. The van der Waals surface area contributed by atoms with Gasteiger partial charge in [-0.3, -0.25) is 9.52 Å². The molecule has 0 bridgehead atoms. The highest BCUT2D eigenvalue weighted by Crippen LogP contribution is 2.32. The third kappa shape index (κ3) is 6.74. The molecule has 0 radical (unpaired) electrons. The van der Waals surface area contributed by atoms with Gasteiger partial charge in [-0.15, -0.1) is 5.10 Å². The second-order valence-corrected chi connectivity index (χ2v) is 11.8. The molecule has 0 amide bonds. The Morgan fingerprint density at radius 3 is 2.44 bits per heavy atom. The van der Waals surface area contributed by atoms with Crippen molar-refractivity contribution in [2.75, 3.05) is 11.3 Å². The van der Waals surface area contributed by atoms with E-state index in [1.165, 1.54) is 42.8 Å². The molecule has 0 aliphatic carbocycles. The number of anilines is 1. The molecule has 12 heteroatoms. The van der Waals surface area contributed by atoms with Crippen LogP contribution < -0.4 is 15.0 Å². The molecule has 4 rings (SSSR count). The van der Waals surface area contributed by atoms with E-state index in [4.69, 9.17) is 27.9 Å². The van der Waals surface area contributed by atoms with Crippen molar-refractivity contribution in [1.29, 1.82) is 0 Å². The average molecular weight is 593 g/mol. The van der Waals surface area contributed by atoms with Crippen LogP contribution in [-0.2, 0) is 16.4 Å². The van der Waals surface area contributed by atoms with Crippen LogP contribution in [0.4, 0.5) is 5.69 Å². The summed E-state index contributed by atoms with van der Waals surface area (Å²) in [5.74, 6) is 1.23. The van der Waals surface area contributed by atoms with Crippen LogP contribution in [0.3, 0.4) is 0 Å². The Kier molecular flexibility index (Phi) is 9.19. The van der Waals surface area contributed by atoms with E-state index in [2.05, 4.69) is 26.7 Å². The molecule has 0 aliphatic heterocycles. The molecule has 0 saturated carbocycles. The number of hydrogen-bond acceptors (Lipinski definition) is 6. The highest BCUT2D eigenvalue weighted by atomic mass is 35.5. The minimum Gasteiger partial charge on any atom is -0.493 e. The number of ether oxygens (including phenoxy) is 1. The Hall–Kier alpha value is -3.08. The molecule has 0 aliphatic rings. The predicted molar refractivity (Wildman–Crippen MR) is 155 cm³/mol. The molecule has 0 saturated heterocycles. The summed E-state index contributed by atoms with van der Waals surface area (Å²) < 4.78 is 36.3. The fraction of sp³-hybridized carbons (Fsp3) is 0.370. The largest absolute Gasteiger partial charge is 0.493 e. The number of fused-ring (bicyclic) bond motifs is 1. The summed E-state index contributed by atoms with van der Waals surface area (Å²) in [4.78, 5) is 20.5. The summed E-state index contributed by atoms with van der Waals surface area (Å²) in [6.45, 7) is 6.09. The molecule has 2 aromatic carbocycles. The molecular formula is C27H31Cl2N5O4S. The Labute approximate surface area is 237 Å². The van der Waals surface area contributed by atoms with Gasteiger partial charge in [0.2, 0.25) is 0 Å². The van der Waals surface area contributed by atoms with Gasteiger partial charge in [0.25, 0.3) is 15.6 Å². The minimum atomic E-state index is -4.05. The van der Waals surface area contributed by atoms with Crippen LogP contribution in [0.2, 0.25) is 10.0 Å². The first kappa shape index (κ1) is 28.9. The van der Waals surface area contributed by atoms with Crippen molar-refractivity contribution < 1.29 is 13.2 Å². The van der Waals surface area contributed by atoms with Gasteiger partial charge >= 0.3 is 0 Å². The summed E-state index contributed by atoms with van der Waals surface area (Å²) in [6, 6.07) is 8.79. The van der Waals surface area contributed by atoms with E-state index in [0.29, 0.717) is 51.4 Å². The van der Waals surface area contributed by atoms with Crippen molar-refractivity contribution in [2.24, 2.45) is 0 Å². The van der Waals surface area contributed by atoms with Gasteiger partial charge in [0.1, 0.15) is 11.6 Å². The van der Waals surface area contributed by atoms with Gasteiger partial charge in [0, 0.05) is 16.5 Å². The molecule has 2 heterocycles. The van der Waals surface area contributed by atoms with Crippen molar-refractivity contribution in [2.45, 2.75) is 64.2 Å². The van der Waals surface area contributed by atoms with Gasteiger partial charge in [0.05, 0.1) is 28.4 Å². The van der Waals surface area contributed by atoms with Crippen LogP contribution in [0, 0.1) is 6.92 Å². The fourth-order valence-corrected chi connectivity index (χ4v) is 5.97. The quantitative estimate of drug-likeness (QED) is 0.184. The summed E-state index contributed by atoms with van der Waals surface area (Å²) in [7, 11) is -4.05. The third-order valence-electron chi connectivity index (χ3n) is 6.18. The maximum atomic E-state index is 13.3. The molecule has 2 aromatic heterocycles. The average Bonchev–Trinajstić information content (AvgIpc) is 3.19. The highest BCUT2D eigenvalue weighted by molar-refractivity contribution is 7.92. The molecular weight excluding hydrogens is 561 g/mol. The van der Waals surface area contributed by atoms with Crippen molar-refractivity contribution in [1.82, 2.24) is 19.6 Å². The summed E-state index contributed by atoms with van der Waals surface area (Å²) >= 11 is 12.1. The molecule has 0 atom stereocenters. The second-order valence-electron chi connectivity index (χ2n) is 9.20. The SMILES string of the molecule is CCCCCCCc1nc(C)c2c(=O)[nH]c(-c3cc(S(=O)(=O)Nc4cc(Cl)cc(Cl)c4)ccc3OCC)nn12. The van der Waals surface area contributed by atoms with E-state index >= 15 is 0 Å². The lowest BCUT2D eigenvalue weighted by Crippen LogP contribution is -2.17. The number of nitrogens with zero attached hydrogens (tertiary/aromatic N) is 3. The number of aromatic nitrogens is 4. The normalized spacial score (nSPS) is 11.7. The molecule has 39 heavy (non-hydrogen) atoms. The zero-order chi connectivity index (χ0) is 28.2. The minimum absolute atomic E-state index is 0.0576. The van der Waals surface area contributed by atoms with Gasteiger partial charge in [-0.1, -0.05) is 55.8 Å². The van der Waals surface area contributed by atoms with E-state index in [9.17, 15) is 13.2 Å². The number of aryl methyl sites for hydroxylation is 2. The van der Waals surface area contributed by atoms with E-state index in [-0.39, 0.29) is 22.0 Å². The van der Waals surface area contributed by atoms with Crippen LogP contribution >= 0.6 is 23.2 Å². The summed E-state index contributed by atoms with van der Waals surface area (Å²) in [6.07, 6.45) is 6.16. The van der Waals surface area contributed by atoms with Crippen LogP contribution in [0.15, 0.2) is 46.1 Å². The van der Waals surface area contributed by atoms with Crippen LogP contribution in [0.1, 0.15) is 57.5 Å². The van der Waals surface area contributed by atoms with Crippen molar-refractivity contribution in [3.05, 3.63) is 68.3 Å². The number of rotatable bonds is 12. The topological polar surface area (TPSA) is 118 Å². The Balaban J connectivity index is 1.76. The number of unbranched alkanes of at least 4 members (excludes halogenated alkanes) is 4. The van der Waals surface area contributed by atoms with Crippen molar-refractivity contribution >= 4 is 44.4 Å². The number of nitrogens with one attached hydrogen (secondary N) is 2. The summed E-state index contributed by atoms with van der Waals surface area (Å²) in [5, 5.41) is 5.27. The lowest BCUT2D eigenvalue weighted by molar-refractivity contribution is 0.341. The maximum Gasteiger partial charge on any atom is 0.277 e. The fourth-order valence-electron chi connectivity index (χ4n) is 4.38. The predicted octanol–water partition coefficient (Wildman–Crippen LogP) is 6.41. The monoisotopic (exact) mass is 591 g/mol. The van der Waals surface area contributed by atoms with E-state index in [0.717, 1.165) is 25.7 Å². The van der Waals surface area contributed by atoms with Gasteiger partial charge < -0.3 is 9.72 Å². The molecule has 0 spiro atoms. The second kappa shape index (κ2) is 12.4. The Bertz CT molecular complexity index is 1630. The zero-order valence-electron chi connectivity index (χ0n) is 22.1. The van der Waals surface area contributed by atoms with Crippen LogP contribution in [0.25, 0.3) is 16.9 Å². The Morgan fingerprint density at radius 1 is 1.03 bits per heavy atom. The number of imidazole rings is 1. The summed E-state index contributed by atoms with van der Waals surface area (Å²) in [5.41, 5.74) is 1.12.